The van der Waals surface area contributed by atoms with Crippen molar-refractivity contribution in [2.75, 3.05) is 6.54 Å². The highest BCUT2D eigenvalue weighted by molar-refractivity contribution is 9.10. The van der Waals surface area contributed by atoms with Crippen molar-refractivity contribution in [2.24, 2.45) is 0 Å². The van der Waals surface area contributed by atoms with Gasteiger partial charge in [-0.2, -0.15) is 18.3 Å². The van der Waals surface area contributed by atoms with Crippen molar-refractivity contribution >= 4 is 27.5 Å². The molecule has 0 fully saturated rings. The van der Waals surface area contributed by atoms with Crippen molar-refractivity contribution in [3.05, 3.63) is 52.3 Å². The van der Waals surface area contributed by atoms with E-state index in [4.69, 9.17) is 0 Å². The molecule has 0 atom stereocenters. The zero-order valence-corrected chi connectivity index (χ0v) is 15.9. The van der Waals surface area contributed by atoms with E-state index in [0.717, 1.165) is 23.4 Å². The SMILES string of the molecule is CCCCNC(=O)c1cc2nc(-c3ccc(Br)cc3)cc(C(F)(F)F)n2n1. The Morgan fingerprint density at radius 2 is 1.93 bits per heavy atom. The second-order valence-corrected chi connectivity index (χ2v) is 6.86. The van der Waals surface area contributed by atoms with Crippen molar-refractivity contribution in [3.63, 3.8) is 0 Å². The molecule has 1 aromatic carbocycles. The molecule has 0 saturated carbocycles. The number of benzene rings is 1. The lowest BCUT2D eigenvalue weighted by Gasteiger charge is -2.11. The summed E-state index contributed by atoms with van der Waals surface area (Å²) >= 11 is 3.29. The number of unbranched alkanes of at least 4 members (excludes halogenated alkanes) is 1. The Labute approximate surface area is 161 Å². The van der Waals surface area contributed by atoms with Gasteiger partial charge in [0.1, 0.15) is 0 Å². The summed E-state index contributed by atoms with van der Waals surface area (Å²) in [6, 6.07) is 8.96. The van der Waals surface area contributed by atoms with Gasteiger partial charge in [-0.25, -0.2) is 9.50 Å². The van der Waals surface area contributed by atoms with E-state index < -0.39 is 17.8 Å². The molecule has 0 aliphatic heterocycles. The van der Waals surface area contributed by atoms with E-state index in [2.05, 4.69) is 31.3 Å². The number of nitrogens with one attached hydrogen (secondary N) is 1. The van der Waals surface area contributed by atoms with Crippen LogP contribution in [0.1, 0.15) is 35.9 Å². The molecule has 5 nitrogen and oxygen atoms in total. The van der Waals surface area contributed by atoms with Crippen LogP contribution < -0.4 is 5.32 Å². The van der Waals surface area contributed by atoms with Crippen LogP contribution in [0.15, 0.2) is 40.9 Å². The first kappa shape index (κ1) is 19.3. The molecule has 2 heterocycles. The third kappa shape index (κ3) is 4.29. The van der Waals surface area contributed by atoms with Crippen LogP contribution >= 0.6 is 15.9 Å². The summed E-state index contributed by atoms with van der Waals surface area (Å²) in [7, 11) is 0. The third-order valence-electron chi connectivity index (χ3n) is 3.91. The number of fused-ring (bicyclic) bond motifs is 1. The Morgan fingerprint density at radius 3 is 2.56 bits per heavy atom. The van der Waals surface area contributed by atoms with E-state index in [9.17, 15) is 18.0 Å². The maximum Gasteiger partial charge on any atom is 0.433 e. The lowest BCUT2D eigenvalue weighted by atomic mass is 10.1. The number of aromatic nitrogens is 3. The Bertz CT molecular complexity index is 967. The fourth-order valence-electron chi connectivity index (χ4n) is 2.53. The number of carbonyl (C=O) groups is 1. The van der Waals surface area contributed by atoms with Crippen LogP contribution in [0.2, 0.25) is 0 Å². The van der Waals surface area contributed by atoms with Crippen LogP contribution in [-0.2, 0) is 6.18 Å². The molecule has 0 aliphatic carbocycles. The number of halogens is 4. The minimum atomic E-state index is -4.65. The minimum Gasteiger partial charge on any atom is -0.351 e. The summed E-state index contributed by atoms with van der Waals surface area (Å²) in [4.78, 5) is 16.4. The molecule has 9 heteroatoms. The van der Waals surface area contributed by atoms with Crippen LogP contribution in [0.4, 0.5) is 13.2 Å². The zero-order chi connectivity index (χ0) is 19.6. The topological polar surface area (TPSA) is 59.3 Å². The molecule has 0 saturated heterocycles. The highest BCUT2D eigenvalue weighted by atomic mass is 79.9. The summed E-state index contributed by atoms with van der Waals surface area (Å²) in [5.41, 5.74) is -0.444. The number of carbonyl (C=O) groups excluding carboxylic acids is 1. The van der Waals surface area contributed by atoms with Gasteiger partial charge < -0.3 is 5.32 Å². The van der Waals surface area contributed by atoms with Crippen LogP contribution in [0.5, 0.6) is 0 Å². The first-order chi connectivity index (χ1) is 12.8. The molecule has 3 aromatic rings. The van der Waals surface area contributed by atoms with Gasteiger partial charge in [-0.05, 0) is 24.6 Å². The van der Waals surface area contributed by atoms with E-state index in [1.807, 2.05) is 6.92 Å². The first-order valence-electron chi connectivity index (χ1n) is 8.31. The Hall–Kier alpha value is -2.42. The van der Waals surface area contributed by atoms with Crippen molar-refractivity contribution in [1.29, 1.82) is 0 Å². The van der Waals surface area contributed by atoms with Gasteiger partial charge in [0.2, 0.25) is 0 Å². The van der Waals surface area contributed by atoms with E-state index in [-0.39, 0.29) is 17.0 Å². The van der Waals surface area contributed by atoms with Crippen molar-refractivity contribution in [3.8, 4) is 11.3 Å². The van der Waals surface area contributed by atoms with Crippen molar-refractivity contribution < 1.29 is 18.0 Å². The highest BCUT2D eigenvalue weighted by Gasteiger charge is 2.35. The van der Waals surface area contributed by atoms with Gasteiger partial charge in [0.05, 0.1) is 5.69 Å². The largest absolute Gasteiger partial charge is 0.433 e. The summed E-state index contributed by atoms with van der Waals surface area (Å²) < 4.78 is 42.1. The maximum absolute atomic E-state index is 13.5. The second-order valence-electron chi connectivity index (χ2n) is 5.94. The predicted molar refractivity (Wildman–Crippen MR) is 98.4 cm³/mol. The molecule has 1 amide bonds. The molecule has 2 aromatic heterocycles. The first-order valence-corrected chi connectivity index (χ1v) is 9.11. The number of amides is 1. The maximum atomic E-state index is 13.5. The second kappa shape index (κ2) is 7.67. The number of hydrogen-bond acceptors (Lipinski definition) is 3. The zero-order valence-electron chi connectivity index (χ0n) is 14.3. The van der Waals surface area contributed by atoms with Crippen LogP contribution in [0.25, 0.3) is 16.9 Å². The highest BCUT2D eigenvalue weighted by Crippen LogP contribution is 2.32. The molecule has 142 valence electrons. The Balaban J connectivity index is 2.07. The fraction of sp³-hybridized carbons (Fsp3) is 0.278. The molecule has 0 aliphatic rings. The summed E-state index contributed by atoms with van der Waals surface area (Å²) in [5.74, 6) is -0.521. The third-order valence-corrected chi connectivity index (χ3v) is 4.43. The van der Waals surface area contributed by atoms with Gasteiger partial charge in [0.25, 0.3) is 5.91 Å². The van der Waals surface area contributed by atoms with E-state index in [0.29, 0.717) is 16.6 Å². The van der Waals surface area contributed by atoms with E-state index in [1.165, 1.54) is 6.07 Å². The summed E-state index contributed by atoms with van der Waals surface area (Å²) in [5, 5.41) is 6.46. The molecular weight excluding hydrogens is 425 g/mol. The monoisotopic (exact) mass is 440 g/mol. The number of alkyl halides is 3. The lowest BCUT2D eigenvalue weighted by Crippen LogP contribution is -2.25. The minimum absolute atomic E-state index is 0.0385. The van der Waals surface area contributed by atoms with Gasteiger partial charge in [-0.1, -0.05) is 41.4 Å². The van der Waals surface area contributed by atoms with Crippen LogP contribution in [0.3, 0.4) is 0 Å². The van der Waals surface area contributed by atoms with Crippen molar-refractivity contribution in [2.45, 2.75) is 25.9 Å². The standard InChI is InChI=1S/C18H16BrF3N4O/c1-2-3-8-23-17(27)14-10-16-24-13(11-4-6-12(19)7-5-11)9-15(18(20,21)22)26(16)25-14/h4-7,9-10H,2-3,8H2,1H3,(H,23,27). The van der Waals surface area contributed by atoms with Gasteiger partial charge in [0.15, 0.2) is 17.0 Å². The van der Waals surface area contributed by atoms with Gasteiger partial charge in [0, 0.05) is 22.6 Å². The summed E-state index contributed by atoms with van der Waals surface area (Å²) in [6.45, 7) is 2.41. The molecular formula is C18H16BrF3N4O. The molecule has 3 rings (SSSR count). The lowest BCUT2D eigenvalue weighted by molar-refractivity contribution is -0.142. The molecule has 0 bridgehead atoms. The fourth-order valence-corrected chi connectivity index (χ4v) is 2.79. The number of hydrogen-bond donors (Lipinski definition) is 1. The average Bonchev–Trinajstić information content (AvgIpc) is 3.05. The molecule has 27 heavy (non-hydrogen) atoms. The Kier molecular flexibility index (Phi) is 5.50. The summed E-state index contributed by atoms with van der Waals surface area (Å²) in [6.07, 6.45) is -2.98. The van der Waals surface area contributed by atoms with Gasteiger partial charge >= 0.3 is 6.18 Å². The van der Waals surface area contributed by atoms with Crippen LogP contribution in [-0.4, -0.2) is 27.0 Å². The van der Waals surface area contributed by atoms with E-state index in [1.54, 1.807) is 24.3 Å². The van der Waals surface area contributed by atoms with Gasteiger partial charge in [-0.3, -0.25) is 4.79 Å². The normalized spacial score (nSPS) is 11.7. The quantitative estimate of drug-likeness (QED) is 0.584. The van der Waals surface area contributed by atoms with Crippen LogP contribution in [0, 0.1) is 0 Å². The smallest absolute Gasteiger partial charge is 0.351 e. The average molecular weight is 441 g/mol. The van der Waals surface area contributed by atoms with E-state index >= 15 is 0 Å². The number of rotatable bonds is 5. The molecule has 0 spiro atoms. The molecule has 0 radical (unpaired) electrons. The predicted octanol–water partition coefficient (Wildman–Crippen LogP) is 4.71. The number of nitrogens with zero attached hydrogens (tertiary/aromatic N) is 3. The van der Waals surface area contributed by atoms with Gasteiger partial charge in [-0.15, -0.1) is 0 Å². The van der Waals surface area contributed by atoms with Crippen molar-refractivity contribution in [1.82, 2.24) is 19.9 Å². The Morgan fingerprint density at radius 1 is 1.22 bits per heavy atom. The molecule has 1 N–H and O–H groups in total. The molecule has 0 unspecified atom stereocenters.